The molecule has 1 aliphatic rings. The number of piperidine rings is 1. The first-order valence-electron chi connectivity index (χ1n) is 4.97. The van der Waals surface area contributed by atoms with E-state index in [1.165, 1.54) is 0 Å². The van der Waals surface area contributed by atoms with E-state index in [9.17, 15) is 4.79 Å². The first-order valence-corrected chi connectivity index (χ1v) is 5.76. The monoisotopic (exact) mass is 308 g/mol. The van der Waals surface area contributed by atoms with Gasteiger partial charge in [0.15, 0.2) is 10.4 Å². The van der Waals surface area contributed by atoms with Crippen LogP contribution in [0.1, 0.15) is 23.4 Å². The largest absolute Gasteiger partial charge is 0.444 e. The van der Waals surface area contributed by atoms with Crippen LogP contribution in [0.5, 0.6) is 0 Å². The highest BCUT2D eigenvalue weighted by molar-refractivity contribution is 9.10. The van der Waals surface area contributed by atoms with Gasteiger partial charge < -0.3 is 15.1 Å². The molecule has 0 saturated carbocycles. The minimum absolute atomic E-state index is 0. The highest BCUT2D eigenvalue weighted by atomic mass is 79.9. The predicted molar refractivity (Wildman–Crippen MR) is 66.8 cm³/mol. The number of hydrogen-bond donors (Lipinski definition) is 1. The maximum Gasteiger partial charge on any atom is 0.289 e. The molecule has 90 valence electrons. The number of furan rings is 1. The number of hydrogen-bond acceptors (Lipinski definition) is 3. The highest BCUT2D eigenvalue weighted by Crippen LogP contribution is 2.17. The molecule has 1 fully saturated rings. The molecule has 16 heavy (non-hydrogen) atoms. The summed E-state index contributed by atoms with van der Waals surface area (Å²) >= 11 is 3.18. The van der Waals surface area contributed by atoms with Crippen LogP contribution in [0.15, 0.2) is 21.2 Å². The van der Waals surface area contributed by atoms with Crippen molar-refractivity contribution in [1.82, 2.24) is 4.90 Å². The summed E-state index contributed by atoms with van der Waals surface area (Å²) in [6.45, 7) is 1.44. The van der Waals surface area contributed by atoms with Crippen molar-refractivity contribution in [3.05, 3.63) is 22.6 Å². The molecule has 0 bridgehead atoms. The number of nitrogens with zero attached hydrogens (tertiary/aromatic N) is 1. The quantitative estimate of drug-likeness (QED) is 0.863. The molecular formula is C10H14BrClN2O2. The summed E-state index contributed by atoms with van der Waals surface area (Å²) in [6, 6.07) is 3.64. The molecule has 6 heteroatoms. The molecule has 1 aromatic rings. The first-order chi connectivity index (χ1) is 7.16. The van der Waals surface area contributed by atoms with E-state index in [0.717, 1.165) is 25.9 Å². The molecule has 0 unspecified atom stereocenters. The fourth-order valence-corrected chi connectivity index (χ4v) is 1.99. The van der Waals surface area contributed by atoms with Crippen LogP contribution in [0.4, 0.5) is 0 Å². The van der Waals surface area contributed by atoms with Crippen molar-refractivity contribution < 1.29 is 9.21 Å². The number of amides is 1. The Morgan fingerprint density at radius 1 is 1.44 bits per heavy atom. The van der Waals surface area contributed by atoms with Crippen LogP contribution in [0.2, 0.25) is 0 Å². The predicted octanol–water partition coefficient (Wildman–Crippen LogP) is 2.03. The van der Waals surface area contributed by atoms with Gasteiger partial charge in [-0.1, -0.05) is 0 Å². The van der Waals surface area contributed by atoms with E-state index in [0.29, 0.717) is 10.4 Å². The molecule has 0 spiro atoms. The molecule has 0 atom stereocenters. The third-order valence-corrected chi connectivity index (χ3v) is 3.04. The summed E-state index contributed by atoms with van der Waals surface area (Å²) < 4.78 is 5.80. The molecule has 4 nitrogen and oxygen atoms in total. The normalized spacial score (nSPS) is 17.0. The maximum absolute atomic E-state index is 11.9. The van der Waals surface area contributed by atoms with E-state index in [1.54, 1.807) is 17.0 Å². The fourth-order valence-electron chi connectivity index (χ4n) is 1.69. The van der Waals surface area contributed by atoms with E-state index >= 15 is 0 Å². The van der Waals surface area contributed by atoms with Gasteiger partial charge in [0.2, 0.25) is 0 Å². The molecule has 0 radical (unpaired) electrons. The van der Waals surface area contributed by atoms with Crippen molar-refractivity contribution in [3.63, 3.8) is 0 Å². The molecule has 1 amide bonds. The Morgan fingerprint density at radius 3 is 2.56 bits per heavy atom. The summed E-state index contributed by atoms with van der Waals surface area (Å²) in [5, 5.41) is 0. The van der Waals surface area contributed by atoms with E-state index in [-0.39, 0.29) is 24.4 Å². The molecule has 1 saturated heterocycles. The minimum atomic E-state index is -0.0485. The van der Waals surface area contributed by atoms with Crippen LogP contribution >= 0.6 is 28.3 Å². The van der Waals surface area contributed by atoms with Crippen molar-refractivity contribution in [2.24, 2.45) is 5.73 Å². The minimum Gasteiger partial charge on any atom is -0.444 e. The molecule has 1 aliphatic heterocycles. The average molecular weight is 310 g/mol. The van der Waals surface area contributed by atoms with Crippen molar-refractivity contribution in [1.29, 1.82) is 0 Å². The summed E-state index contributed by atoms with van der Waals surface area (Å²) in [4.78, 5) is 13.7. The van der Waals surface area contributed by atoms with Crippen molar-refractivity contribution >= 4 is 34.2 Å². The Kier molecular flexibility index (Phi) is 4.83. The lowest BCUT2D eigenvalue weighted by atomic mass is 10.1. The molecule has 2 rings (SSSR count). The summed E-state index contributed by atoms with van der Waals surface area (Å²) in [6.07, 6.45) is 1.74. The first kappa shape index (κ1) is 13.5. The summed E-state index contributed by atoms with van der Waals surface area (Å²) in [5.74, 6) is 0.338. The molecule has 2 heterocycles. The van der Waals surface area contributed by atoms with Crippen LogP contribution < -0.4 is 5.73 Å². The van der Waals surface area contributed by atoms with Gasteiger partial charge in [-0.25, -0.2) is 0 Å². The van der Waals surface area contributed by atoms with Crippen molar-refractivity contribution in [3.8, 4) is 0 Å². The average Bonchev–Trinajstić information content (AvgIpc) is 2.65. The SMILES string of the molecule is Cl.NC1CCN(C(=O)c2ccc(Br)o2)CC1. The Labute approximate surface area is 109 Å². The number of likely N-dealkylation sites (tertiary alicyclic amines) is 1. The number of carbonyl (C=O) groups excluding carboxylic acids is 1. The lowest BCUT2D eigenvalue weighted by Crippen LogP contribution is -2.42. The second-order valence-corrected chi connectivity index (χ2v) is 4.51. The number of halogens is 2. The van der Waals surface area contributed by atoms with E-state index in [1.807, 2.05) is 0 Å². The lowest BCUT2D eigenvalue weighted by molar-refractivity contribution is 0.0681. The second-order valence-electron chi connectivity index (χ2n) is 3.73. The van der Waals surface area contributed by atoms with Gasteiger partial charge in [0.1, 0.15) is 0 Å². The van der Waals surface area contributed by atoms with Gasteiger partial charge in [0.05, 0.1) is 0 Å². The zero-order valence-corrected chi connectivity index (χ0v) is 11.1. The van der Waals surface area contributed by atoms with Gasteiger partial charge in [-0.05, 0) is 40.9 Å². The smallest absolute Gasteiger partial charge is 0.289 e. The third kappa shape index (κ3) is 2.99. The van der Waals surface area contributed by atoms with E-state index in [4.69, 9.17) is 10.2 Å². The highest BCUT2D eigenvalue weighted by Gasteiger charge is 2.23. The zero-order valence-electron chi connectivity index (χ0n) is 8.69. The molecule has 2 N–H and O–H groups in total. The third-order valence-electron chi connectivity index (χ3n) is 2.61. The standard InChI is InChI=1S/C10H13BrN2O2.ClH/c11-9-2-1-8(15-9)10(14)13-5-3-7(12)4-6-13;/h1-2,7H,3-6,12H2;1H. The Hall–Kier alpha value is -0.520. The van der Waals surface area contributed by atoms with Crippen LogP contribution in [-0.2, 0) is 0 Å². The van der Waals surface area contributed by atoms with E-state index in [2.05, 4.69) is 15.9 Å². The zero-order chi connectivity index (χ0) is 10.8. The van der Waals surface area contributed by atoms with Crippen LogP contribution in [-0.4, -0.2) is 29.9 Å². The Balaban J connectivity index is 0.00000128. The Bertz CT molecular complexity index is 361. The van der Waals surface area contributed by atoms with Crippen LogP contribution in [0.3, 0.4) is 0 Å². The van der Waals surface area contributed by atoms with Gasteiger partial charge in [-0.15, -0.1) is 12.4 Å². The topological polar surface area (TPSA) is 59.5 Å². The second kappa shape index (κ2) is 5.70. The van der Waals surface area contributed by atoms with Gasteiger partial charge in [0, 0.05) is 19.1 Å². The van der Waals surface area contributed by atoms with Gasteiger partial charge in [0.25, 0.3) is 5.91 Å². The molecular weight excluding hydrogens is 295 g/mol. The Morgan fingerprint density at radius 2 is 2.06 bits per heavy atom. The lowest BCUT2D eigenvalue weighted by Gasteiger charge is -2.29. The van der Waals surface area contributed by atoms with Crippen molar-refractivity contribution in [2.75, 3.05) is 13.1 Å². The number of rotatable bonds is 1. The molecule has 1 aromatic heterocycles. The van der Waals surface area contributed by atoms with Crippen LogP contribution in [0, 0.1) is 0 Å². The van der Waals surface area contributed by atoms with Crippen LogP contribution in [0.25, 0.3) is 0 Å². The van der Waals surface area contributed by atoms with Gasteiger partial charge >= 0.3 is 0 Å². The fraction of sp³-hybridized carbons (Fsp3) is 0.500. The summed E-state index contributed by atoms with van der Waals surface area (Å²) in [7, 11) is 0. The van der Waals surface area contributed by atoms with Gasteiger partial charge in [-0.3, -0.25) is 4.79 Å². The number of carbonyl (C=O) groups is 1. The molecule has 0 aromatic carbocycles. The van der Waals surface area contributed by atoms with Gasteiger partial charge in [-0.2, -0.15) is 0 Å². The number of nitrogens with two attached hydrogens (primary N) is 1. The summed E-state index contributed by atoms with van der Waals surface area (Å²) in [5.41, 5.74) is 5.77. The van der Waals surface area contributed by atoms with Crippen molar-refractivity contribution in [2.45, 2.75) is 18.9 Å². The molecule has 0 aliphatic carbocycles. The maximum atomic E-state index is 11.9. The van der Waals surface area contributed by atoms with E-state index < -0.39 is 0 Å².